The maximum absolute atomic E-state index is 13.3. The molecule has 12 heavy (non-hydrogen) atoms. The Morgan fingerprint density at radius 2 is 2.25 bits per heavy atom. The molecule has 1 heterocycles. The highest BCUT2D eigenvalue weighted by molar-refractivity contribution is 5.33. The first-order valence-corrected chi connectivity index (χ1v) is 4.13. The smallest absolute Gasteiger partial charge is 0.127 e. The molecule has 1 nitrogen and oxygen atoms in total. The average molecular weight is 166 g/mol. The van der Waals surface area contributed by atoms with Gasteiger partial charge in [0.2, 0.25) is 0 Å². The molecule has 0 atom stereocenters. The van der Waals surface area contributed by atoms with Crippen LogP contribution in [0.5, 0.6) is 0 Å². The van der Waals surface area contributed by atoms with Gasteiger partial charge in [-0.05, 0) is 36.1 Å². The third-order valence-electron chi connectivity index (χ3n) is 2.19. The molecule has 0 amide bonds. The van der Waals surface area contributed by atoms with Crippen LogP contribution in [0.3, 0.4) is 0 Å². The van der Waals surface area contributed by atoms with E-state index in [0.717, 1.165) is 16.7 Å². The van der Waals surface area contributed by atoms with E-state index in [2.05, 4.69) is 0 Å². The lowest BCUT2D eigenvalue weighted by atomic mass is 10.0. The Kier molecular flexibility index (Phi) is 1.85. The molecule has 0 saturated heterocycles. The second kappa shape index (κ2) is 2.87. The van der Waals surface area contributed by atoms with Gasteiger partial charge in [0.05, 0.1) is 13.2 Å². The van der Waals surface area contributed by atoms with E-state index in [1.165, 1.54) is 0 Å². The van der Waals surface area contributed by atoms with Gasteiger partial charge in [-0.1, -0.05) is 6.07 Å². The summed E-state index contributed by atoms with van der Waals surface area (Å²) in [7, 11) is 0. The fraction of sp³-hybridized carbons (Fsp3) is 0.400. The SMILES string of the molecule is Cc1cc(F)c2c(c1)COCC2. The van der Waals surface area contributed by atoms with Crippen LogP contribution < -0.4 is 0 Å². The van der Waals surface area contributed by atoms with Gasteiger partial charge in [0.15, 0.2) is 0 Å². The minimum Gasteiger partial charge on any atom is -0.376 e. The molecule has 0 radical (unpaired) electrons. The highest BCUT2D eigenvalue weighted by Crippen LogP contribution is 2.21. The Balaban J connectivity index is 2.53. The van der Waals surface area contributed by atoms with Gasteiger partial charge >= 0.3 is 0 Å². The molecule has 0 N–H and O–H groups in total. The molecular weight excluding hydrogens is 155 g/mol. The van der Waals surface area contributed by atoms with Gasteiger partial charge in [-0.3, -0.25) is 0 Å². The predicted molar refractivity (Wildman–Crippen MR) is 44.5 cm³/mol. The first-order valence-electron chi connectivity index (χ1n) is 4.13. The van der Waals surface area contributed by atoms with Crippen LogP contribution in [0.4, 0.5) is 4.39 Å². The van der Waals surface area contributed by atoms with Gasteiger partial charge in [-0.2, -0.15) is 0 Å². The lowest BCUT2D eigenvalue weighted by molar-refractivity contribution is 0.109. The summed E-state index contributed by atoms with van der Waals surface area (Å²) in [6.45, 7) is 3.11. The number of hydrogen-bond acceptors (Lipinski definition) is 1. The Bertz CT molecular complexity index is 307. The van der Waals surface area contributed by atoms with Crippen LogP contribution in [0.1, 0.15) is 16.7 Å². The van der Waals surface area contributed by atoms with Crippen LogP contribution in [0.25, 0.3) is 0 Å². The second-order valence-electron chi connectivity index (χ2n) is 3.19. The van der Waals surface area contributed by atoms with E-state index in [0.29, 0.717) is 19.6 Å². The summed E-state index contributed by atoms with van der Waals surface area (Å²) in [6.07, 6.45) is 0.710. The number of halogens is 1. The third-order valence-corrected chi connectivity index (χ3v) is 2.19. The molecule has 0 aromatic heterocycles. The van der Waals surface area contributed by atoms with Crippen LogP contribution >= 0.6 is 0 Å². The third kappa shape index (κ3) is 1.23. The summed E-state index contributed by atoms with van der Waals surface area (Å²) in [5, 5.41) is 0. The Morgan fingerprint density at radius 3 is 3.08 bits per heavy atom. The van der Waals surface area contributed by atoms with Gasteiger partial charge < -0.3 is 4.74 Å². The lowest BCUT2D eigenvalue weighted by Crippen LogP contribution is -2.11. The first kappa shape index (κ1) is 7.74. The summed E-state index contributed by atoms with van der Waals surface area (Å²) in [5.74, 6) is -0.0756. The van der Waals surface area contributed by atoms with Crippen molar-refractivity contribution < 1.29 is 9.13 Å². The molecule has 0 spiro atoms. The highest BCUT2D eigenvalue weighted by atomic mass is 19.1. The van der Waals surface area contributed by atoms with Crippen LogP contribution in [0.2, 0.25) is 0 Å². The zero-order valence-corrected chi connectivity index (χ0v) is 7.06. The quantitative estimate of drug-likeness (QED) is 0.574. The zero-order valence-electron chi connectivity index (χ0n) is 7.06. The topological polar surface area (TPSA) is 9.23 Å². The Hall–Kier alpha value is -0.890. The summed E-state index contributed by atoms with van der Waals surface area (Å²) >= 11 is 0. The van der Waals surface area contributed by atoms with E-state index in [-0.39, 0.29) is 5.82 Å². The van der Waals surface area contributed by atoms with Crippen molar-refractivity contribution in [2.75, 3.05) is 6.61 Å². The minimum absolute atomic E-state index is 0.0756. The van der Waals surface area contributed by atoms with Crippen molar-refractivity contribution >= 4 is 0 Å². The molecular formula is C10H11FO. The maximum Gasteiger partial charge on any atom is 0.127 e. The van der Waals surface area contributed by atoms with Crippen molar-refractivity contribution in [2.45, 2.75) is 20.0 Å². The van der Waals surface area contributed by atoms with Crippen LogP contribution in [0, 0.1) is 12.7 Å². The molecule has 0 fully saturated rings. The molecule has 2 heteroatoms. The van der Waals surface area contributed by atoms with Crippen molar-refractivity contribution in [3.8, 4) is 0 Å². The van der Waals surface area contributed by atoms with Gasteiger partial charge in [-0.15, -0.1) is 0 Å². The predicted octanol–water partition coefficient (Wildman–Crippen LogP) is 2.21. The average Bonchev–Trinajstić information content (AvgIpc) is 2.04. The number of ether oxygens (including phenoxy) is 1. The molecule has 1 aromatic carbocycles. The summed E-state index contributed by atoms with van der Waals surface area (Å²) in [4.78, 5) is 0. The summed E-state index contributed by atoms with van der Waals surface area (Å²) in [5.41, 5.74) is 2.82. The van der Waals surface area contributed by atoms with E-state index in [9.17, 15) is 4.39 Å². The first-order chi connectivity index (χ1) is 5.77. The van der Waals surface area contributed by atoms with Crippen molar-refractivity contribution in [2.24, 2.45) is 0 Å². The molecule has 0 bridgehead atoms. The van der Waals surface area contributed by atoms with Crippen molar-refractivity contribution in [1.29, 1.82) is 0 Å². The number of hydrogen-bond donors (Lipinski definition) is 0. The normalized spacial score (nSPS) is 15.8. The van der Waals surface area contributed by atoms with E-state index in [1.54, 1.807) is 6.07 Å². The van der Waals surface area contributed by atoms with E-state index in [4.69, 9.17) is 4.74 Å². The van der Waals surface area contributed by atoms with Crippen molar-refractivity contribution in [3.63, 3.8) is 0 Å². The molecule has 0 unspecified atom stereocenters. The second-order valence-corrected chi connectivity index (χ2v) is 3.19. The summed E-state index contributed by atoms with van der Waals surface area (Å²) in [6, 6.07) is 3.59. The largest absolute Gasteiger partial charge is 0.376 e. The van der Waals surface area contributed by atoms with Gasteiger partial charge in [0.25, 0.3) is 0 Å². The Morgan fingerprint density at radius 1 is 1.42 bits per heavy atom. The van der Waals surface area contributed by atoms with Crippen molar-refractivity contribution in [3.05, 3.63) is 34.6 Å². The molecule has 2 rings (SSSR count). The van der Waals surface area contributed by atoms with Gasteiger partial charge in [0, 0.05) is 0 Å². The number of benzene rings is 1. The van der Waals surface area contributed by atoms with E-state index < -0.39 is 0 Å². The molecule has 64 valence electrons. The number of fused-ring (bicyclic) bond motifs is 1. The molecule has 0 aliphatic carbocycles. The van der Waals surface area contributed by atoms with Crippen molar-refractivity contribution in [1.82, 2.24) is 0 Å². The Labute approximate surface area is 71.2 Å². The fourth-order valence-corrected chi connectivity index (χ4v) is 1.61. The summed E-state index contributed by atoms with van der Waals surface area (Å²) < 4.78 is 18.5. The van der Waals surface area contributed by atoms with Crippen LogP contribution in [-0.2, 0) is 17.8 Å². The number of aryl methyl sites for hydroxylation is 1. The van der Waals surface area contributed by atoms with Gasteiger partial charge in [-0.25, -0.2) is 4.39 Å². The molecule has 1 aromatic rings. The number of rotatable bonds is 0. The lowest BCUT2D eigenvalue weighted by Gasteiger charge is -2.17. The fourth-order valence-electron chi connectivity index (χ4n) is 1.61. The standard InChI is InChI=1S/C10H11FO/c1-7-4-8-6-12-3-2-9(8)10(11)5-7/h4-5H,2-3,6H2,1H3. The van der Waals surface area contributed by atoms with Gasteiger partial charge in [0.1, 0.15) is 5.82 Å². The maximum atomic E-state index is 13.3. The van der Waals surface area contributed by atoms with Crippen LogP contribution in [-0.4, -0.2) is 6.61 Å². The van der Waals surface area contributed by atoms with Crippen LogP contribution in [0.15, 0.2) is 12.1 Å². The zero-order chi connectivity index (χ0) is 8.55. The minimum atomic E-state index is -0.0756. The molecule has 1 aliphatic rings. The van der Waals surface area contributed by atoms with E-state index >= 15 is 0 Å². The molecule has 0 saturated carbocycles. The monoisotopic (exact) mass is 166 g/mol. The molecule has 1 aliphatic heterocycles. The van der Waals surface area contributed by atoms with E-state index in [1.807, 2.05) is 13.0 Å². The highest BCUT2D eigenvalue weighted by Gasteiger charge is 2.13.